The highest BCUT2D eigenvalue weighted by molar-refractivity contribution is 6.24. The van der Waals surface area contributed by atoms with Gasteiger partial charge in [0, 0.05) is 6.20 Å². The van der Waals surface area contributed by atoms with Crippen LogP contribution in [0.2, 0.25) is 0 Å². The number of aryl methyl sites for hydroxylation is 2. The second-order valence-corrected chi connectivity index (χ2v) is 8.09. The molecule has 0 spiro atoms. The maximum Gasteiger partial charge on any atom is 0.240 e. The van der Waals surface area contributed by atoms with E-state index in [-0.39, 0.29) is 17.9 Å². The van der Waals surface area contributed by atoms with Crippen LogP contribution in [0.15, 0.2) is 48.7 Å². The highest BCUT2D eigenvalue weighted by Gasteiger charge is 2.64. The Morgan fingerprint density at radius 1 is 0.966 bits per heavy atom. The number of imide groups is 1. The van der Waals surface area contributed by atoms with Crippen molar-refractivity contribution in [2.45, 2.75) is 25.9 Å². The summed E-state index contributed by atoms with van der Waals surface area (Å²) in [5, 5.41) is 0. The Kier molecular flexibility index (Phi) is 3.68. The highest BCUT2D eigenvalue weighted by atomic mass is 16.2. The van der Waals surface area contributed by atoms with Crippen molar-refractivity contribution in [2.75, 3.05) is 4.90 Å². The van der Waals surface area contributed by atoms with Crippen molar-refractivity contribution < 1.29 is 14.4 Å². The molecule has 3 aliphatic heterocycles. The fourth-order valence-electron chi connectivity index (χ4n) is 5.22. The predicted molar refractivity (Wildman–Crippen MR) is 108 cm³/mol. The van der Waals surface area contributed by atoms with Gasteiger partial charge in [-0.05, 0) is 54.3 Å². The molecule has 2 N–H and O–H groups in total. The van der Waals surface area contributed by atoms with Crippen LogP contribution >= 0.6 is 0 Å². The second-order valence-electron chi connectivity index (χ2n) is 8.09. The molecule has 0 saturated carbocycles. The minimum atomic E-state index is -0.845. The van der Waals surface area contributed by atoms with E-state index in [1.807, 2.05) is 62.4 Å². The topological polar surface area (TPSA) is 83.7 Å². The lowest BCUT2D eigenvalue weighted by Gasteiger charge is -2.34. The van der Waals surface area contributed by atoms with E-state index in [1.165, 1.54) is 4.90 Å². The van der Waals surface area contributed by atoms with Gasteiger partial charge in [0.2, 0.25) is 17.7 Å². The number of rotatable bonds is 2. The fourth-order valence-corrected chi connectivity index (χ4v) is 5.22. The lowest BCUT2D eigenvalue weighted by molar-refractivity contribution is -0.129. The number of primary amides is 1. The van der Waals surface area contributed by atoms with Crippen molar-refractivity contribution in [2.24, 2.45) is 17.6 Å². The third kappa shape index (κ3) is 2.38. The van der Waals surface area contributed by atoms with Gasteiger partial charge in [-0.3, -0.25) is 14.4 Å². The van der Waals surface area contributed by atoms with Crippen LogP contribution in [-0.4, -0.2) is 28.7 Å². The number of hydrogen-bond acceptors (Lipinski definition) is 4. The quantitative estimate of drug-likeness (QED) is 0.802. The third-order valence-corrected chi connectivity index (χ3v) is 6.22. The summed E-state index contributed by atoms with van der Waals surface area (Å²) in [7, 11) is 0. The van der Waals surface area contributed by atoms with Gasteiger partial charge in [-0.2, -0.15) is 0 Å². The molecule has 4 atom stereocenters. The Morgan fingerprint density at radius 3 is 2.31 bits per heavy atom. The predicted octanol–water partition coefficient (Wildman–Crippen LogP) is 2.30. The van der Waals surface area contributed by atoms with E-state index in [4.69, 9.17) is 5.73 Å². The average Bonchev–Trinajstić information content (AvgIpc) is 3.14. The van der Waals surface area contributed by atoms with Gasteiger partial charge < -0.3 is 10.6 Å². The maximum absolute atomic E-state index is 13.6. The van der Waals surface area contributed by atoms with Crippen molar-refractivity contribution in [3.63, 3.8) is 0 Å². The number of hydrogen-bond donors (Lipinski definition) is 1. The molecule has 29 heavy (non-hydrogen) atoms. The molecule has 3 heterocycles. The smallest absolute Gasteiger partial charge is 0.240 e. The molecule has 3 amide bonds. The van der Waals surface area contributed by atoms with Gasteiger partial charge in [0.25, 0.3) is 0 Å². The van der Waals surface area contributed by atoms with E-state index in [1.54, 1.807) is 11.1 Å². The number of anilines is 1. The first-order valence-corrected chi connectivity index (χ1v) is 9.68. The summed E-state index contributed by atoms with van der Waals surface area (Å²) in [5.74, 6) is -2.65. The molecule has 0 aliphatic carbocycles. The number of carbonyl (C=O) groups is 3. The summed E-state index contributed by atoms with van der Waals surface area (Å²) >= 11 is 0. The van der Waals surface area contributed by atoms with Gasteiger partial charge in [0.05, 0.1) is 23.6 Å². The summed E-state index contributed by atoms with van der Waals surface area (Å²) in [4.78, 5) is 42.4. The van der Waals surface area contributed by atoms with Crippen LogP contribution in [-0.2, 0) is 14.4 Å². The van der Waals surface area contributed by atoms with E-state index >= 15 is 0 Å². The second kappa shape index (κ2) is 6.04. The minimum Gasteiger partial charge on any atom is -0.368 e. The van der Waals surface area contributed by atoms with Gasteiger partial charge >= 0.3 is 0 Å². The van der Waals surface area contributed by atoms with Crippen molar-refractivity contribution in [1.29, 1.82) is 0 Å². The largest absolute Gasteiger partial charge is 0.368 e. The Morgan fingerprint density at radius 2 is 1.62 bits per heavy atom. The van der Waals surface area contributed by atoms with Gasteiger partial charge in [0.15, 0.2) is 0 Å². The van der Waals surface area contributed by atoms with E-state index in [0.29, 0.717) is 5.69 Å². The summed E-state index contributed by atoms with van der Waals surface area (Å²) in [6.07, 6.45) is 3.70. The standard InChI is InChI=1S/C23H21N3O3/c1-12-9-13(2)11-15(10-12)26-22(28)17-18(23(26)29)20(21(24)27)25-8-7-14-5-3-4-6-16(14)19(17)25/h3-11,17-20H,1-2H3,(H2,24,27)/t17-,18+,19?,20-/m0/s1. The molecule has 1 unspecified atom stereocenters. The van der Waals surface area contributed by atoms with Crippen LogP contribution in [0.1, 0.15) is 28.3 Å². The first-order valence-electron chi connectivity index (χ1n) is 9.68. The monoisotopic (exact) mass is 387 g/mol. The van der Waals surface area contributed by atoms with Crippen LogP contribution in [0.3, 0.4) is 0 Å². The molecule has 0 bridgehead atoms. The van der Waals surface area contributed by atoms with Gasteiger partial charge in [-0.25, -0.2) is 4.90 Å². The number of fused-ring (bicyclic) bond motifs is 5. The number of nitrogens with two attached hydrogens (primary N) is 1. The molecule has 2 saturated heterocycles. The first-order chi connectivity index (χ1) is 13.9. The molecule has 3 aliphatic rings. The fraction of sp³-hybridized carbons (Fsp3) is 0.261. The molecule has 6 nitrogen and oxygen atoms in total. The Bertz CT molecular complexity index is 1090. The SMILES string of the molecule is Cc1cc(C)cc(N2C(=O)[C@@H]3[C@H](C2=O)C2c4ccccc4C=CN2[C@@H]3C(N)=O)c1. The lowest BCUT2D eigenvalue weighted by atomic mass is 9.84. The Labute approximate surface area is 168 Å². The number of benzene rings is 2. The van der Waals surface area contributed by atoms with Gasteiger partial charge in [-0.15, -0.1) is 0 Å². The van der Waals surface area contributed by atoms with Gasteiger partial charge in [0.1, 0.15) is 6.04 Å². The molecule has 6 heteroatoms. The van der Waals surface area contributed by atoms with Crippen LogP contribution in [0.5, 0.6) is 0 Å². The lowest BCUT2D eigenvalue weighted by Crippen LogP contribution is -2.46. The van der Waals surface area contributed by atoms with Crippen LogP contribution in [0.25, 0.3) is 6.08 Å². The average molecular weight is 387 g/mol. The maximum atomic E-state index is 13.6. The van der Waals surface area contributed by atoms with Crippen LogP contribution in [0.4, 0.5) is 5.69 Å². The summed E-state index contributed by atoms with van der Waals surface area (Å²) in [5.41, 5.74) is 10.1. The highest BCUT2D eigenvalue weighted by Crippen LogP contribution is 2.53. The molecule has 146 valence electrons. The van der Waals surface area contributed by atoms with Crippen molar-refractivity contribution in [3.8, 4) is 0 Å². The normalized spacial score (nSPS) is 27.1. The zero-order valence-corrected chi connectivity index (χ0v) is 16.2. The third-order valence-electron chi connectivity index (χ3n) is 6.22. The van der Waals surface area contributed by atoms with Crippen molar-refractivity contribution in [1.82, 2.24) is 4.90 Å². The van der Waals surface area contributed by atoms with Crippen LogP contribution < -0.4 is 10.6 Å². The zero-order chi connectivity index (χ0) is 20.4. The number of carbonyl (C=O) groups excluding carboxylic acids is 3. The number of amides is 3. The molecule has 0 radical (unpaired) electrons. The summed E-state index contributed by atoms with van der Waals surface area (Å²) < 4.78 is 0. The molecule has 2 aromatic carbocycles. The van der Waals surface area contributed by atoms with Gasteiger partial charge in [-0.1, -0.05) is 30.3 Å². The first kappa shape index (κ1) is 17.7. The van der Waals surface area contributed by atoms with E-state index in [9.17, 15) is 14.4 Å². The summed E-state index contributed by atoms with van der Waals surface area (Å²) in [6, 6.07) is 12.2. The van der Waals surface area contributed by atoms with E-state index in [2.05, 4.69) is 0 Å². The molecule has 2 aromatic rings. The Balaban J connectivity index is 1.66. The van der Waals surface area contributed by atoms with Crippen molar-refractivity contribution in [3.05, 3.63) is 70.9 Å². The molecular formula is C23H21N3O3. The molecular weight excluding hydrogens is 366 g/mol. The zero-order valence-electron chi connectivity index (χ0n) is 16.2. The van der Waals surface area contributed by atoms with Crippen molar-refractivity contribution >= 4 is 29.5 Å². The minimum absolute atomic E-state index is 0.270. The van der Waals surface area contributed by atoms with E-state index < -0.39 is 23.8 Å². The summed E-state index contributed by atoms with van der Waals surface area (Å²) in [6.45, 7) is 3.86. The molecule has 0 aromatic heterocycles. The van der Waals surface area contributed by atoms with E-state index in [0.717, 1.165) is 22.3 Å². The Hall–Kier alpha value is -3.41. The number of nitrogens with zero attached hydrogens (tertiary/aromatic N) is 2. The van der Waals surface area contributed by atoms with Crippen LogP contribution in [0, 0.1) is 25.7 Å². The molecule has 5 rings (SSSR count). The molecule has 2 fully saturated rings.